The van der Waals surface area contributed by atoms with Crippen LogP contribution in [0.3, 0.4) is 0 Å². The van der Waals surface area contributed by atoms with Gasteiger partial charge in [0.2, 0.25) is 5.91 Å². The maximum atomic E-state index is 11.4. The van der Waals surface area contributed by atoms with Crippen molar-refractivity contribution in [3.8, 4) is 0 Å². The summed E-state index contributed by atoms with van der Waals surface area (Å²) in [4.78, 5) is 21.6. The molecule has 1 amide bonds. The van der Waals surface area contributed by atoms with Crippen molar-refractivity contribution in [3.63, 3.8) is 0 Å². The minimum absolute atomic E-state index is 0.0285. The molecule has 0 radical (unpaired) electrons. The van der Waals surface area contributed by atoms with Gasteiger partial charge in [0.1, 0.15) is 0 Å². The van der Waals surface area contributed by atoms with Gasteiger partial charge in [-0.25, -0.2) is 0 Å². The zero-order chi connectivity index (χ0) is 10.4. The van der Waals surface area contributed by atoms with Crippen molar-refractivity contribution < 1.29 is 19.4 Å². The van der Waals surface area contributed by atoms with Crippen molar-refractivity contribution >= 4 is 11.9 Å². The van der Waals surface area contributed by atoms with Crippen molar-refractivity contribution in [1.29, 1.82) is 0 Å². The van der Waals surface area contributed by atoms with Crippen LogP contribution >= 0.6 is 0 Å². The summed E-state index contributed by atoms with van der Waals surface area (Å²) in [6.07, 6.45) is 1.70. The molecule has 14 heavy (non-hydrogen) atoms. The fourth-order valence-electron chi connectivity index (χ4n) is 1.38. The van der Waals surface area contributed by atoms with Crippen LogP contribution in [0.1, 0.15) is 19.3 Å². The number of carbonyl (C=O) groups is 2. The molecule has 0 saturated carbocycles. The van der Waals surface area contributed by atoms with Crippen LogP contribution in [-0.2, 0) is 14.3 Å². The number of nitrogens with one attached hydrogen (secondary N) is 1. The molecule has 0 aromatic rings. The van der Waals surface area contributed by atoms with E-state index in [4.69, 9.17) is 9.84 Å². The third kappa shape index (κ3) is 3.74. The molecule has 0 aromatic carbocycles. The molecule has 1 unspecified atom stereocenters. The van der Waals surface area contributed by atoms with E-state index in [1.165, 1.54) is 0 Å². The SMILES string of the molecule is O=C(O)CCNC(=O)C1CCCOC1. The summed E-state index contributed by atoms with van der Waals surface area (Å²) in [5, 5.41) is 10.9. The van der Waals surface area contributed by atoms with Gasteiger partial charge in [0, 0.05) is 13.2 Å². The molecule has 1 atom stereocenters. The van der Waals surface area contributed by atoms with Crippen molar-refractivity contribution in [2.24, 2.45) is 5.92 Å². The molecule has 0 bridgehead atoms. The molecule has 1 saturated heterocycles. The minimum Gasteiger partial charge on any atom is -0.481 e. The quantitative estimate of drug-likeness (QED) is 0.671. The number of carboxylic acids is 1. The van der Waals surface area contributed by atoms with E-state index < -0.39 is 5.97 Å². The first-order valence-corrected chi connectivity index (χ1v) is 4.77. The Labute approximate surface area is 82.4 Å². The van der Waals surface area contributed by atoms with Gasteiger partial charge in [0.05, 0.1) is 18.9 Å². The molecule has 1 rings (SSSR count). The summed E-state index contributed by atoms with van der Waals surface area (Å²) in [5.41, 5.74) is 0. The number of aliphatic carboxylic acids is 1. The number of ether oxygens (including phenoxy) is 1. The average molecular weight is 201 g/mol. The Kier molecular flexibility index (Phi) is 4.39. The van der Waals surface area contributed by atoms with Gasteiger partial charge < -0.3 is 15.2 Å². The van der Waals surface area contributed by atoms with Crippen LogP contribution in [0.15, 0.2) is 0 Å². The zero-order valence-electron chi connectivity index (χ0n) is 7.99. The first-order chi connectivity index (χ1) is 6.70. The second-order valence-corrected chi connectivity index (χ2v) is 3.35. The maximum Gasteiger partial charge on any atom is 0.305 e. The van der Waals surface area contributed by atoms with Gasteiger partial charge >= 0.3 is 5.97 Å². The molecule has 1 fully saturated rings. The summed E-state index contributed by atoms with van der Waals surface area (Å²) in [5.74, 6) is -1.09. The summed E-state index contributed by atoms with van der Waals surface area (Å²) in [6.45, 7) is 1.38. The molecule has 1 heterocycles. The third-order valence-corrected chi connectivity index (χ3v) is 2.17. The topological polar surface area (TPSA) is 75.6 Å². The number of rotatable bonds is 4. The van der Waals surface area contributed by atoms with E-state index in [0.29, 0.717) is 6.61 Å². The van der Waals surface area contributed by atoms with Gasteiger partial charge in [-0.1, -0.05) is 0 Å². The van der Waals surface area contributed by atoms with Crippen LogP contribution in [0.2, 0.25) is 0 Å². The van der Waals surface area contributed by atoms with Crippen molar-refractivity contribution in [3.05, 3.63) is 0 Å². The predicted molar refractivity (Wildman–Crippen MR) is 48.8 cm³/mol. The van der Waals surface area contributed by atoms with Crippen LogP contribution in [0.5, 0.6) is 0 Å². The summed E-state index contributed by atoms with van der Waals surface area (Å²) < 4.78 is 5.15. The highest BCUT2D eigenvalue weighted by Crippen LogP contribution is 2.13. The molecule has 0 aromatic heterocycles. The Morgan fingerprint density at radius 1 is 1.50 bits per heavy atom. The van der Waals surface area contributed by atoms with Gasteiger partial charge in [-0.3, -0.25) is 9.59 Å². The highest BCUT2D eigenvalue weighted by Gasteiger charge is 2.21. The van der Waals surface area contributed by atoms with E-state index >= 15 is 0 Å². The number of hydrogen-bond acceptors (Lipinski definition) is 3. The molecule has 0 aliphatic carbocycles. The third-order valence-electron chi connectivity index (χ3n) is 2.17. The first kappa shape index (κ1) is 11.0. The van der Waals surface area contributed by atoms with Crippen LogP contribution < -0.4 is 5.32 Å². The number of hydrogen-bond donors (Lipinski definition) is 2. The molecule has 0 spiro atoms. The van der Waals surface area contributed by atoms with Crippen LogP contribution in [0, 0.1) is 5.92 Å². The van der Waals surface area contributed by atoms with Gasteiger partial charge in [0.25, 0.3) is 0 Å². The Balaban J connectivity index is 2.16. The lowest BCUT2D eigenvalue weighted by Crippen LogP contribution is -2.36. The lowest BCUT2D eigenvalue weighted by atomic mass is 10.0. The lowest BCUT2D eigenvalue weighted by Gasteiger charge is -2.20. The standard InChI is InChI=1S/C9H15NO4/c11-8(12)3-4-10-9(13)7-2-1-5-14-6-7/h7H,1-6H2,(H,10,13)(H,11,12). The summed E-state index contributed by atoms with van der Waals surface area (Å²) in [6, 6.07) is 0. The highest BCUT2D eigenvalue weighted by molar-refractivity contribution is 5.79. The zero-order valence-corrected chi connectivity index (χ0v) is 7.99. The van der Waals surface area contributed by atoms with Gasteiger partial charge in [0.15, 0.2) is 0 Å². The molecule has 1 aliphatic rings. The number of carboxylic acid groups (broad SMARTS) is 1. The largest absolute Gasteiger partial charge is 0.481 e. The maximum absolute atomic E-state index is 11.4. The number of amides is 1. The van der Waals surface area contributed by atoms with Crippen molar-refractivity contribution in [2.75, 3.05) is 19.8 Å². The molecular formula is C9H15NO4. The Morgan fingerprint density at radius 2 is 2.29 bits per heavy atom. The van der Waals surface area contributed by atoms with Gasteiger partial charge in [-0.15, -0.1) is 0 Å². The van der Waals surface area contributed by atoms with Crippen LogP contribution in [0.25, 0.3) is 0 Å². The minimum atomic E-state index is -0.898. The van der Waals surface area contributed by atoms with E-state index in [-0.39, 0.29) is 24.8 Å². The van der Waals surface area contributed by atoms with E-state index in [2.05, 4.69) is 5.32 Å². The smallest absolute Gasteiger partial charge is 0.305 e. The van der Waals surface area contributed by atoms with Gasteiger partial charge in [-0.2, -0.15) is 0 Å². The van der Waals surface area contributed by atoms with E-state index in [0.717, 1.165) is 19.4 Å². The lowest BCUT2D eigenvalue weighted by molar-refractivity contribution is -0.137. The summed E-state index contributed by atoms with van der Waals surface area (Å²) >= 11 is 0. The normalized spacial score (nSPS) is 21.6. The fraction of sp³-hybridized carbons (Fsp3) is 0.778. The molecular weight excluding hydrogens is 186 g/mol. The Morgan fingerprint density at radius 3 is 2.86 bits per heavy atom. The molecule has 5 heteroatoms. The monoisotopic (exact) mass is 201 g/mol. The molecule has 2 N–H and O–H groups in total. The predicted octanol–water partition coefficient (Wildman–Crippen LogP) is 0.00390. The second-order valence-electron chi connectivity index (χ2n) is 3.35. The Hall–Kier alpha value is -1.10. The second kappa shape index (κ2) is 5.59. The van der Waals surface area contributed by atoms with Crippen LogP contribution in [0.4, 0.5) is 0 Å². The Bertz CT molecular complexity index is 211. The van der Waals surface area contributed by atoms with Crippen LogP contribution in [-0.4, -0.2) is 36.7 Å². The van der Waals surface area contributed by atoms with E-state index in [9.17, 15) is 9.59 Å². The van der Waals surface area contributed by atoms with E-state index in [1.54, 1.807) is 0 Å². The van der Waals surface area contributed by atoms with E-state index in [1.807, 2.05) is 0 Å². The average Bonchev–Trinajstić information content (AvgIpc) is 2.18. The first-order valence-electron chi connectivity index (χ1n) is 4.77. The fourth-order valence-corrected chi connectivity index (χ4v) is 1.38. The summed E-state index contributed by atoms with van der Waals surface area (Å²) in [7, 11) is 0. The highest BCUT2D eigenvalue weighted by atomic mass is 16.5. The number of carbonyl (C=O) groups excluding carboxylic acids is 1. The molecule has 1 aliphatic heterocycles. The molecule has 80 valence electrons. The molecule has 5 nitrogen and oxygen atoms in total. The van der Waals surface area contributed by atoms with Gasteiger partial charge in [-0.05, 0) is 12.8 Å². The van der Waals surface area contributed by atoms with Crippen molar-refractivity contribution in [1.82, 2.24) is 5.32 Å². The van der Waals surface area contributed by atoms with Crippen molar-refractivity contribution in [2.45, 2.75) is 19.3 Å².